The van der Waals surface area contributed by atoms with Gasteiger partial charge in [-0.05, 0) is 37.0 Å². The van der Waals surface area contributed by atoms with Gasteiger partial charge in [-0.2, -0.15) is 0 Å². The van der Waals surface area contributed by atoms with Gasteiger partial charge in [-0.1, -0.05) is 19.1 Å². The summed E-state index contributed by atoms with van der Waals surface area (Å²) in [5.41, 5.74) is 0. The molecule has 0 N–H and O–H groups in total. The Morgan fingerprint density at radius 2 is 2.12 bits per heavy atom. The van der Waals surface area contributed by atoms with Gasteiger partial charge in [0.15, 0.2) is 0 Å². The van der Waals surface area contributed by atoms with E-state index in [-0.39, 0.29) is 11.9 Å². The third-order valence-corrected chi connectivity index (χ3v) is 4.16. The molecule has 4 atom stereocenters. The van der Waals surface area contributed by atoms with E-state index in [2.05, 4.69) is 19.1 Å². The van der Waals surface area contributed by atoms with Crippen molar-refractivity contribution in [3.63, 3.8) is 0 Å². The minimum Gasteiger partial charge on any atom is -0.465 e. The summed E-state index contributed by atoms with van der Waals surface area (Å²) in [4.78, 5) is 11.9. The average Bonchev–Trinajstić information content (AvgIpc) is 2.84. The summed E-state index contributed by atoms with van der Waals surface area (Å²) in [6.07, 6.45) is 7.38. The third kappa shape index (κ3) is 2.27. The lowest BCUT2D eigenvalue weighted by atomic mass is 9.84. The number of hydrogen-bond donors (Lipinski definition) is 0. The van der Waals surface area contributed by atoms with Crippen LogP contribution in [0.15, 0.2) is 12.2 Å². The highest BCUT2D eigenvalue weighted by molar-refractivity contribution is 6.17. The Hall–Kier alpha value is -0.500. The van der Waals surface area contributed by atoms with Gasteiger partial charge >= 0.3 is 5.97 Å². The van der Waals surface area contributed by atoms with E-state index < -0.39 is 0 Å². The van der Waals surface area contributed by atoms with Crippen molar-refractivity contribution < 1.29 is 9.53 Å². The fourth-order valence-electron chi connectivity index (χ4n) is 2.92. The molecule has 0 spiro atoms. The molecule has 2 aliphatic rings. The number of allylic oxidation sites excluding steroid dienone is 2. The molecule has 2 rings (SSSR count). The number of fused-ring (bicyclic) bond motifs is 2. The van der Waals surface area contributed by atoms with Crippen molar-refractivity contribution >= 4 is 17.6 Å². The molecule has 2 aliphatic carbocycles. The van der Waals surface area contributed by atoms with Gasteiger partial charge in [0.25, 0.3) is 0 Å². The average molecular weight is 243 g/mol. The Labute approximate surface area is 102 Å². The van der Waals surface area contributed by atoms with Crippen molar-refractivity contribution in [1.29, 1.82) is 0 Å². The normalized spacial score (nSPS) is 35.6. The number of alkyl halides is 1. The van der Waals surface area contributed by atoms with Crippen molar-refractivity contribution in [2.45, 2.75) is 26.2 Å². The Morgan fingerprint density at radius 1 is 1.38 bits per heavy atom. The van der Waals surface area contributed by atoms with Gasteiger partial charge in [0.05, 0.1) is 12.5 Å². The topological polar surface area (TPSA) is 26.3 Å². The van der Waals surface area contributed by atoms with Gasteiger partial charge in [0, 0.05) is 5.88 Å². The molecule has 0 aromatic heterocycles. The van der Waals surface area contributed by atoms with Crippen LogP contribution in [0.3, 0.4) is 0 Å². The summed E-state index contributed by atoms with van der Waals surface area (Å²) in [7, 11) is 0. The predicted molar refractivity (Wildman–Crippen MR) is 64.3 cm³/mol. The lowest BCUT2D eigenvalue weighted by molar-refractivity contribution is -0.151. The fraction of sp³-hybridized carbons (Fsp3) is 0.769. The zero-order chi connectivity index (χ0) is 11.5. The highest BCUT2D eigenvalue weighted by atomic mass is 35.5. The number of carbonyl (C=O) groups excluding carboxylic acids is 1. The number of halogens is 1. The molecular weight excluding hydrogens is 224 g/mol. The Morgan fingerprint density at radius 3 is 2.75 bits per heavy atom. The molecular formula is C13H19ClO2. The third-order valence-electron chi connectivity index (χ3n) is 3.90. The molecule has 1 saturated carbocycles. The monoisotopic (exact) mass is 242 g/mol. The Kier molecular flexibility index (Phi) is 3.91. The van der Waals surface area contributed by atoms with Crippen molar-refractivity contribution in [3.8, 4) is 0 Å². The van der Waals surface area contributed by atoms with Gasteiger partial charge in [0.2, 0.25) is 0 Å². The maximum atomic E-state index is 11.9. The van der Waals surface area contributed by atoms with E-state index in [0.717, 1.165) is 19.3 Å². The fourth-order valence-corrected chi connectivity index (χ4v) is 3.11. The van der Waals surface area contributed by atoms with Crippen LogP contribution >= 0.6 is 11.6 Å². The summed E-state index contributed by atoms with van der Waals surface area (Å²) in [6, 6.07) is 0. The molecule has 0 aliphatic heterocycles. The standard InChI is InChI=1S/C13H19ClO2/c1-9-10-4-5-11(8-10)12(9)13(15)16-7-3-2-6-14/h4-5,9-12H,2-3,6-8H2,1H3/t9-,10+,11+,12+/m1/s1. The Bertz CT molecular complexity index is 288. The summed E-state index contributed by atoms with van der Waals surface area (Å²) < 4.78 is 5.32. The van der Waals surface area contributed by atoms with Gasteiger partial charge < -0.3 is 4.74 Å². The molecule has 0 heterocycles. The molecule has 90 valence electrons. The van der Waals surface area contributed by atoms with Crippen molar-refractivity contribution in [1.82, 2.24) is 0 Å². The summed E-state index contributed by atoms with van der Waals surface area (Å²) >= 11 is 5.57. The number of esters is 1. The van der Waals surface area contributed by atoms with E-state index in [1.807, 2.05) is 0 Å². The molecule has 2 bridgehead atoms. The molecule has 0 saturated heterocycles. The van der Waals surface area contributed by atoms with Gasteiger partial charge in [-0.15, -0.1) is 11.6 Å². The number of rotatable bonds is 5. The number of unbranched alkanes of at least 4 members (excludes halogenated alkanes) is 1. The van der Waals surface area contributed by atoms with Crippen LogP contribution in [0.4, 0.5) is 0 Å². The lowest BCUT2D eigenvalue weighted by Crippen LogP contribution is -2.27. The first-order valence-corrected chi connectivity index (χ1v) is 6.68. The summed E-state index contributed by atoms with van der Waals surface area (Å²) in [5.74, 6) is 2.23. The van der Waals surface area contributed by atoms with Crippen LogP contribution in [0.5, 0.6) is 0 Å². The van der Waals surface area contributed by atoms with Crippen LogP contribution in [0.1, 0.15) is 26.2 Å². The second-order valence-corrected chi connectivity index (χ2v) is 5.27. The van der Waals surface area contributed by atoms with Crippen LogP contribution in [-0.2, 0) is 9.53 Å². The molecule has 3 heteroatoms. The van der Waals surface area contributed by atoms with Crippen LogP contribution in [-0.4, -0.2) is 18.5 Å². The van der Waals surface area contributed by atoms with Gasteiger partial charge in [0.1, 0.15) is 0 Å². The van der Waals surface area contributed by atoms with E-state index in [1.54, 1.807) is 0 Å². The van der Waals surface area contributed by atoms with Crippen molar-refractivity contribution in [3.05, 3.63) is 12.2 Å². The van der Waals surface area contributed by atoms with Crippen LogP contribution in [0.25, 0.3) is 0 Å². The minimum absolute atomic E-state index is 0.000998. The van der Waals surface area contributed by atoms with E-state index in [1.165, 1.54) is 0 Å². The second kappa shape index (κ2) is 5.22. The first kappa shape index (κ1) is 12.0. The Balaban J connectivity index is 1.79. The summed E-state index contributed by atoms with van der Waals surface area (Å²) in [6.45, 7) is 2.69. The van der Waals surface area contributed by atoms with Crippen LogP contribution < -0.4 is 0 Å². The maximum Gasteiger partial charge on any atom is 0.309 e. The lowest BCUT2D eigenvalue weighted by Gasteiger charge is -2.22. The summed E-state index contributed by atoms with van der Waals surface area (Å²) in [5, 5.41) is 0. The highest BCUT2D eigenvalue weighted by Gasteiger charge is 2.46. The number of hydrogen-bond acceptors (Lipinski definition) is 2. The van der Waals surface area contributed by atoms with E-state index in [9.17, 15) is 4.79 Å². The molecule has 0 unspecified atom stereocenters. The predicted octanol–water partition coefficient (Wildman–Crippen LogP) is 3.01. The van der Waals surface area contributed by atoms with E-state index in [0.29, 0.717) is 30.2 Å². The zero-order valence-corrected chi connectivity index (χ0v) is 10.5. The van der Waals surface area contributed by atoms with Crippen molar-refractivity contribution in [2.75, 3.05) is 12.5 Å². The quantitative estimate of drug-likeness (QED) is 0.321. The molecule has 2 nitrogen and oxygen atoms in total. The van der Waals surface area contributed by atoms with E-state index in [4.69, 9.17) is 16.3 Å². The second-order valence-electron chi connectivity index (χ2n) is 4.90. The largest absolute Gasteiger partial charge is 0.465 e. The number of carbonyl (C=O) groups is 1. The van der Waals surface area contributed by atoms with Crippen LogP contribution in [0, 0.1) is 23.7 Å². The van der Waals surface area contributed by atoms with Gasteiger partial charge in [-0.25, -0.2) is 0 Å². The SMILES string of the molecule is C[C@H]1[C@H](C(=O)OCCCCCl)[C@H]2C=C[C@H]1C2. The number of ether oxygens (including phenoxy) is 1. The highest BCUT2D eigenvalue weighted by Crippen LogP contribution is 2.48. The van der Waals surface area contributed by atoms with Gasteiger partial charge in [-0.3, -0.25) is 4.79 Å². The van der Waals surface area contributed by atoms with Crippen molar-refractivity contribution in [2.24, 2.45) is 23.7 Å². The molecule has 0 amide bonds. The van der Waals surface area contributed by atoms with Crippen LogP contribution in [0.2, 0.25) is 0 Å². The minimum atomic E-state index is -0.000998. The zero-order valence-electron chi connectivity index (χ0n) is 9.69. The molecule has 16 heavy (non-hydrogen) atoms. The first-order valence-electron chi connectivity index (χ1n) is 6.15. The smallest absolute Gasteiger partial charge is 0.309 e. The molecule has 0 radical (unpaired) electrons. The van der Waals surface area contributed by atoms with E-state index >= 15 is 0 Å². The molecule has 0 aromatic rings. The molecule has 1 fully saturated rings. The maximum absolute atomic E-state index is 11.9. The molecule has 0 aromatic carbocycles. The first-order chi connectivity index (χ1) is 7.74.